The Balaban J connectivity index is 2.98. The lowest BCUT2D eigenvalue weighted by atomic mass is 10.1. The number of aliphatic hydroxyl groups excluding tert-OH is 1. The highest BCUT2D eigenvalue weighted by molar-refractivity contribution is 6.33. The van der Waals surface area contributed by atoms with E-state index in [9.17, 15) is 19.1 Å². The van der Waals surface area contributed by atoms with Crippen LogP contribution in [-0.4, -0.2) is 34.2 Å². The van der Waals surface area contributed by atoms with Crippen molar-refractivity contribution in [1.29, 1.82) is 0 Å². The molecule has 0 aliphatic carbocycles. The summed E-state index contributed by atoms with van der Waals surface area (Å²) in [6.45, 7) is 1.20. The third kappa shape index (κ3) is 3.18. The number of aliphatic hydroxyl groups is 1. The van der Waals surface area contributed by atoms with Gasteiger partial charge in [0.2, 0.25) is 0 Å². The van der Waals surface area contributed by atoms with Gasteiger partial charge in [-0.15, -0.1) is 0 Å². The summed E-state index contributed by atoms with van der Waals surface area (Å²) in [4.78, 5) is 22.5. The van der Waals surface area contributed by atoms with E-state index >= 15 is 0 Å². The zero-order valence-electron chi connectivity index (χ0n) is 9.35. The Labute approximate surface area is 107 Å². The van der Waals surface area contributed by atoms with E-state index in [0.29, 0.717) is 0 Å². The van der Waals surface area contributed by atoms with Gasteiger partial charge in [0.15, 0.2) is 6.04 Å². The normalized spacial score (nSPS) is 13.8. The van der Waals surface area contributed by atoms with E-state index in [0.717, 1.165) is 6.07 Å². The molecule has 1 amide bonds. The molecule has 98 valence electrons. The molecule has 0 aliphatic rings. The quantitative estimate of drug-likeness (QED) is 0.766. The highest BCUT2D eigenvalue weighted by atomic mass is 35.5. The highest BCUT2D eigenvalue weighted by Gasteiger charge is 2.27. The van der Waals surface area contributed by atoms with Gasteiger partial charge in [-0.05, 0) is 19.1 Å². The van der Waals surface area contributed by atoms with Crippen LogP contribution in [0.15, 0.2) is 18.2 Å². The lowest BCUT2D eigenvalue weighted by molar-refractivity contribution is -0.141. The van der Waals surface area contributed by atoms with Crippen molar-refractivity contribution in [3.05, 3.63) is 34.6 Å². The minimum Gasteiger partial charge on any atom is -0.480 e. The summed E-state index contributed by atoms with van der Waals surface area (Å²) in [7, 11) is 0. The van der Waals surface area contributed by atoms with E-state index < -0.39 is 35.4 Å². The molecule has 1 aromatic carbocycles. The zero-order chi connectivity index (χ0) is 13.9. The van der Waals surface area contributed by atoms with E-state index in [1.165, 1.54) is 19.1 Å². The number of rotatable bonds is 4. The zero-order valence-corrected chi connectivity index (χ0v) is 10.1. The number of carbonyl (C=O) groups excluding carboxylic acids is 1. The van der Waals surface area contributed by atoms with Crippen LogP contribution in [0, 0.1) is 5.82 Å². The Morgan fingerprint density at radius 3 is 2.50 bits per heavy atom. The molecule has 1 rings (SSSR count). The first-order valence-electron chi connectivity index (χ1n) is 5.00. The van der Waals surface area contributed by atoms with E-state index in [-0.39, 0.29) is 5.02 Å². The third-order valence-corrected chi connectivity index (χ3v) is 2.54. The average Bonchev–Trinajstić information content (AvgIpc) is 2.24. The first-order valence-corrected chi connectivity index (χ1v) is 5.38. The largest absolute Gasteiger partial charge is 0.480 e. The second kappa shape index (κ2) is 5.79. The van der Waals surface area contributed by atoms with Crippen LogP contribution in [0.3, 0.4) is 0 Å². The molecule has 1 aromatic rings. The van der Waals surface area contributed by atoms with Gasteiger partial charge in [0.1, 0.15) is 5.82 Å². The summed E-state index contributed by atoms with van der Waals surface area (Å²) in [6.07, 6.45) is -1.32. The van der Waals surface area contributed by atoms with Crippen LogP contribution < -0.4 is 5.32 Å². The van der Waals surface area contributed by atoms with Crippen LogP contribution in [0.4, 0.5) is 4.39 Å². The molecular formula is C11H11ClFNO4. The van der Waals surface area contributed by atoms with E-state index in [4.69, 9.17) is 16.7 Å². The van der Waals surface area contributed by atoms with Crippen LogP contribution in [0.25, 0.3) is 0 Å². The fourth-order valence-electron chi connectivity index (χ4n) is 1.32. The molecule has 18 heavy (non-hydrogen) atoms. The number of nitrogens with one attached hydrogen (secondary N) is 1. The van der Waals surface area contributed by atoms with Gasteiger partial charge in [-0.1, -0.05) is 17.7 Å². The first-order chi connectivity index (χ1) is 8.34. The third-order valence-electron chi connectivity index (χ3n) is 2.22. The second-order valence-electron chi connectivity index (χ2n) is 3.63. The molecule has 0 fully saturated rings. The molecule has 0 spiro atoms. The second-order valence-corrected chi connectivity index (χ2v) is 4.03. The molecule has 0 aliphatic heterocycles. The minimum absolute atomic E-state index is 0.137. The Kier molecular flexibility index (Phi) is 4.63. The predicted molar refractivity (Wildman–Crippen MR) is 62.0 cm³/mol. The molecule has 2 atom stereocenters. The maximum absolute atomic E-state index is 13.4. The SMILES string of the molecule is CC(O)C(NC(=O)c1c(F)cccc1Cl)C(=O)O. The monoisotopic (exact) mass is 275 g/mol. The van der Waals surface area contributed by atoms with Crippen molar-refractivity contribution >= 4 is 23.5 Å². The summed E-state index contributed by atoms with van der Waals surface area (Å²) in [6, 6.07) is 2.11. The van der Waals surface area contributed by atoms with Crippen molar-refractivity contribution in [2.45, 2.75) is 19.1 Å². The highest BCUT2D eigenvalue weighted by Crippen LogP contribution is 2.18. The summed E-state index contributed by atoms with van der Waals surface area (Å²) < 4.78 is 13.4. The maximum atomic E-state index is 13.4. The fraction of sp³-hybridized carbons (Fsp3) is 0.273. The standard InChI is InChI=1S/C11H11ClFNO4/c1-5(15)9(11(17)18)14-10(16)8-6(12)3-2-4-7(8)13/h2-5,9,15H,1H3,(H,14,16)(H,17,18). The number of carboxylic acid groups (broad SMARTS) is 1. The molecule has 0 heterocycles. The predicted octanol–water partition coefficient (Wildman–Crippen LogP) is 1.04. The molecule has 0 saturated carbocycles. The number of aliphatic carboxylic acids is 1. The van der Waals surface area contributed by atoms with Crippen LogP contribution in [-0.2, 0) is 4.79 Å². The van der Waals surface area contributed by atoms with Crippen molar-refractivity contribution in [2.75, 3.05) is 0 Å². The summed E-state index contributed by atoms with van der Waals surface area (Å²) >= 11 is 5.66. The lowest BCUT2D eigenvalue weighted by Gasteiger charge is -2.17. The Bertz CT molecular complexity index is 458. The number of amides is 1. The molecule has 7 heteroatoms. The van der Waals surface area contributed by atoms with E-state index in [1.807, 2.05) is 5.32 Å². The molecule has 0 bridgehead atoms. The van der Waals surface area contributed by atoms with Crippen molar-refractivity contribution < 1.29 is 24.2 Å². The number of carboxylic acids is 1. The molecule has 0 aromatic heterocycles. The van der Waals surface area contributed by atoms with Crippen LogP contribution in [0.2, 0.25) is 5.02 Å². The van der Waals surface area contributed by atoms with Gasteiger partial charge in [-0.2, -0.15) is 0 Å². The topological polar surface area (TPSA) is 86.6 Å². The van der Waals surface area contributed by atoms with Gasteiger partial charge in [0.05, 0.1) is 16.7 Å². The maximum Gasteiger partial charge on any atom is 0.328 e. The molecule has 0 radical (unpaired) electrons. The number of hydrogen-bond acceptors (Lipinski definition) is 3. The van der Waals surface area contributed by atoms with E-state index in [1.54, 1.807) is 0 Å². The van der Waals surface area contributed by atoms with E-state index in [2.05, 4.69) is 0 Å². The molecule has 2 unspecified atom stereocenters. The number of benzene rings is 1. The Morgan fingerprint density at radius 2 is 2.06 bits per heavy atom. The van der Waals surface area contributed by atoms with Gasteiger partial charge in [-0.25, -0.2) is 9.18 Å². The number of carbonyl (C=O) groups is 2. The molecular weight excluding hydrogens is 265 g/mol. The van der Waals surface area contributed by atoms with Gasteiger partial charge in [-0.3, -0.25) is 4.79 Å². The average molecular weight is 276 g/mol. The van der Waals surface area contributed by atoms with Gasteiger partial charge >= 0.3 is 5.97 Å². The summed E-state index contributed by atoms with van der Waals surface area (Å²) in [5, 5.41) is 19.8. The van der Waals surface area contributed by atoms with Gasteiger partial charge in [0, 0.05) is 0 Å². The number of hydrogen-bond donors (Lipinski definition) is 3. The van der Waals surface area contributed by atoms with Crippen molar-refractivity contribution in [2.24, 2.45) is 0 Å². The molecule has 3 N–H and O–H groups in total. The number of halogens is 2. The van der Waals surface area contributed by atoms with Crippen molar-refractivity contribution in [3.8, 4) is 0 Å². The fourth-order valence-corrected chi connectivity index (χ4v) is 1.57. The van der Waals surface area contributed by atoms with Gasteiger partial charge in [0.25, 0.3) is 5.91 Å². The Morgan fingerprint density at radius 1 is 1.44 bits per heavy atom. The molecule has 0 saturated heterocycles. The van der Waals surface area contributed by atoms with Crippen LogP contribution in [0.1, 0.15) is 17.3 Å². The first kappa shape index (κ1) is 14.4. The minimum atomic E-state index is -1.53. The van der Waals surface area contributed by atoms with Crippen molar-refractivity contribution in [1.82, 2.24) is 5.32 Å². The summed E-state index contributed by atoms with van der Waals surface area (Å²) in [5.41, 5.74) is -0.453. The Hall–Kier alpha value is -1.66. The smallest absolute Gasteiger partial charge is 0.328 e. The molecule has 5 nitrogen and oxygen atoms in total. The van der Waals surface area contributed by atoms with Crippen LogP contribution >= 0.6 is 11.6 Å². The van der Waals surface area contributed by atoms with Crippen molar-refractivity contribution in [3.63, 3.8) is 0 Å². The summed E-state index contributed by atoms with van der Waals surface area (Å²) in [5.74, 6) is -3.29. The lowest BCUT2D eigenvalue weighted by Crippen LogP contribution is -2.47. The van der Waals surface area contributed by atoms with Crippen LogP contribution in [0.5, 0.6) is 0 Å². The van der Waals surface area contributed by atoms with Gasteiger partial charge < -0.3 is 15.5 Å².